The third kappa shape index (κ3) is 1.48. The minimum Gasteiger partial charge on any atom is -0.497 e. The molecule has 0 heterocycles. The van der Waals surface area contributed by atoms with Crippen LogP contribution in [0.25, 0.3) is 0 Å². The number of ketones is 1. The lowest BCUT2D eigenvalue weighted by atomic mass is 10.1. The van der Waals surface area contributed by atoms with E-state index in [1.807, 2.05) is 13.0 Å². The van der Waals surface area contributed by atoms with Crippen LogP contribution in [-0.4, -0.2) is 20.0 Å². The van der Waals surface area contributed by atoms with Crippen molar-refractivity contribution in [3.05, 3.63) is 23.3 Å². The van der Waals surface area contributed by atoms with Gasteiger partial charge < -0.3 is 9.47 Å². The monoisotopic (exact) mass is 206 g/mol. The highest BCUT2D eigenvalue weighted by molar-refractivity contribution is 6.03. The third-order valence-electron chi connectivity index (χ3n) is 2.86. The second kappa shape index (κ2) is 3.57. The first kappa shape index (κ1) is 10.0. The predicted octanol–water partition coefficient (Wildman–Crippen LogP) is 2.08. The summed E-state index contributed by atoms with van der Waals surface area (Å²) in [5.41, 5.74) is 1.76. The van der Waals surface area contributed by atoms with Crippen LogP contribution in [0.5, 0.6) is 11.5 Å². The molecule has 3 nitrogen and oxygen atoms in total. The molecule has 1 unspecified atom stereocenters. The van der Waals surface area contributed by atoms with Gasteiger partial charge in [-0.15, -0.1) is 0 Å². The fraction of sp³-hybridized carbons (Fsp3) is 0.417. The van der Waals surface area contributed by atoms with E-state index in [9.17, 15) is 4.79 Å². The number of ether oxygens (including phenoxy) is 2. The van der Waals surface area contributed by atoms with Gasteiger partial charge in [-0.05, 0) is 12.5 Å². The third-order valence-corrected chi connectivity index (χ3v) is 2.86. The molecule has 1 atom stereocenters. The van der Waals surface area contributed by atoms with E-state index in [1.54, 1.807) is 20.3 Å². The first-order valence-electron chi connectivity index (χ1n) is 4.96. The second-order valence-corrected chi connectivity index (χ2v) is 3.83. The van der Waals surface area contributed by atoms with Crippen molar-refractivity contribution in [3.63, 3.8) is 0 Å². The van der Waals surface area contributed by atoms with Crippen molar-refractivity contribution in [1.82, 2.24) is 0 Å². The van der Waals surface area contributed by atoms with Gasteiger partial charge in [0.25, 0.3) is 0 Å². The van der Waals surface area contributed by atoms with Gasteiger partial charge in [0.2, 0.25) is 0 Å². The van der Waals surface area contributed by atoms with Crippen LogP contribution in [0.4, 0.5) is 0 Å². The summed E-state index contributed by atoms with van der Waals surface area (Å²) in [7, 11) is 3.20. The summed E-state index contributed by atoms with van der Waals surface area (Å²) in [6.07, 6.45) is 0.765. The maximum absolute atomic E-state index is 11.8. The smallest absolute Gasteiger partial charge is 0.166 e. The molecule has 0 aromatic heterocycles. The number of carbonyl (C=O) groups excluding carboxylic acids is 1. The maximum atomic E-state index is 11.8. The van der Waals surface area contributed by atoms with Crippen LogP contribution in [0.3, 0.4) is 0 Å². The Labute approximate surface area is 89.0 Å². The van der Waals surface area contributed by atoms with E-state index in [1.165, 1.54) is 0 Å². The first-order chi connectivity index (χ1) is 7.17. The molecular formula is C12H14O3. The normalized spacial score (nSPS) is 18.9. The number of rotatable bonds is 2. The Balaban J connectivity index is 2.57. The Bertz CT molecular complexity index is 410. The van der Waals surface area contributed by atoms with Crippen molar-refractivity contribution >= 4 is 5.78 Å². The second-order valence-electron chi connectivity index (χ2n) is 3.83. The molecule has 0 saturated carbocycles. The van der Waals surface area contributed by atoms with E-state index in [0.717, 1.165) is 23.3 Å². The van der Waals surface area contributed by atoms with E-state index in [0.29, 0.717) is 5.75 Å². The van der Waals surface area contributed by atoms with Gasteiger partial charge in [-0.2, -0.15) is 0 Å². The molecule has 1 aliphatic rings. The topological polar surface area (TPSA) is 35.5 Å². The molecular weight excluding hydrogens is 192 g/mol. The maximum Gasteiger partial charge on any atom is 0.166 e. The molecule has 0 N–H and O–H groups in total. The first-order valence-corrected chi connectivity index (χ1v) is 4.96. The van der Waals surface area contributed by atoms with Gasteiger partial charge >= 0.3 is 0 Å². The quantitative estimate of drug-likeness (QED) is 0.743. The molecule has 1 aromatic carbocycles. The van der Waals surface area contributed by atoms with Gasteiger partial charge in [0.1, 0.15) is 11.5 Å². The Morgan fingerprint density at radius 1 is 1.27 bits per heavy atom. The van der Waals surface area contributed by atoms with E-state index in [-0.39, 0.29) is 11.7 Å². The van der Waals surface area contributed by atoms with E-state index in [2.05, 4.69) is 0 Å². The van der Waals surface area contributed by atoms with Gasteiger partial charge in [0.05, 0.1) is 14.2 Å². The Morgan fingerprint density at radius 2 is 2.00 bits per heavy atom. The molecule has 0 amide bonds. The molecule has 1 aromatic rings. The average Bonchev–Trinajstić information content (AvgIpc) is 2.54. The SMILES string of the molecule is COc1cc(OC)c2c(c1)C(=O)C(C)C2. The zero-order valence-electron chi connectivity index (χ0n) is 9.16. The highest BCUT2D eigenvalue weighted by atomic mass is 16.5. The van der Waals surface area contributed by atoms with Crippen molar-refractivity contribution in [3.8, 4) is 11.5 Å². The van der Waals surface area contributed by atoms with Crippen LogP contribution < -0.4 is 9.47 Å². The van der Waals surface area contributed by atoms with Crippen molar-refractivity contribution < 1.29 is 14.3 Å². The lowest BCUT2D eigenvalue weighted by molar-refractivity contribution is 0.0946. The van der Waals surface area contributed by atoms with E-state index in [4.69, 9.17) is 9.47 Å². The summed E-state index contributed by atoms with van der Waals surface area (Å²) in [4.78, 5) is 11.8. The molecule has 0 radical (unpaired) electrons. The van der Waals surface area contributed by atoms with Crippen LogP contribution >= 0.6 is 0 Å². The fourth-order valence-electron chi connectivity index (χ4n) is 2.01. The molecule has 80 valence electrons. The summed E-state index contributed by atoms with van der Waals surface area (Å²) in [6.45, 7) is 1.94. The van der Waals surface area contributed by atoms with Crippen LogP contribution in [0.15, 0.2) is 12.1 Å². The predicted molar refractivity (Wildman–Crippen MR) is 56.7 cm³/mol. The van der Waals surface area contributed by atoms with Crippen LogP contribution in [0.1, 0.15) is 22.8 Å². The number of fused-ring (bicyclic) bond motifs is 1. The molecule has 0 bridgehead atoms. The van der Waals surface area contributed by atoms with Crippen molar-refractivity contribution in [2.45, 2.75) is 13.3 Å². The van der Waals surface area contributed by atoms with Gasteiger partial charge in [-0.25, -0.2) is 0 Å². The molecule has 0 spiro atoms. The highest BCUT2D eigenvalue weighted by Gasteiger charge is 2.30. The number of benzene rings is 1. The minimum atomic E-state index is 0.0565. The highest BCUT2D eigenvalue weighted by Crippen LogP contribution is 2.36. The van der Waals surface area contributed by atoms with Gasteiger partial charge in [0.15, 0.2) is 5.78 Å². The lowest BCUT2D eigenvalue weighted by Gasteiger charge is -2.08. The number of methoxy groups -OCH3 is 2. The summed E-state index contributed by atoms with van der Waals surface area (Å²) >= 11 is 0. The number of Topliss-reactive ketones (excluding diaryl/α,β-unsaturated/α-hetero) is 1. The zero-order chi connectivity index (χ0) is 11.0. The van der Waals surface area contributed by atoms with Crippen molar-refractivity contribution in [2.75, 3.05) is 14.2 Å². The zero-order valence-corrected chi connectivity index (χ0v) is 9.16. The largest absolute Gasteiger partial charge is 0.497 e. The van der Waals surface area contributed by atoms with Crippen LogP contribution in [0.2, 0.25) is 0 Å². The summed E-state index contributed by atoms with van der Waals surface area (Å²) in [5, 5.41) is 0. The summed E-state index contributed by atoms with van der Waals surface area (Å²) in [6, 6.07) is 3.62. The van der Waals surface area contributed by atoms with E-state index < -0.39 is 0 Å². The molecule has 15 heavy (non-hydrogen) atoms. The number of hydrogen-bond acceptors (Lipinski definition) is 3. The average molecular weight is 206 g/mol. The Hall–Kier alpha value is -1.51. The molecule has 0 fully saturated rings. The summed E-state index contributed by atoms with van der Waals surface area (Å²) < 4.78 is 10.4. The molecule has 1 aliphatic carbocycles. The fourth-order valence-corrected chi connectivity index (χ4v) is 2.01. The Morgan fingerprint density at radius 3 is 2.60 bits per heavy atom. The molecule has 2 rings (SSSR count). The molecule has 0 saturated heterocycles. The molecule has 3 heteroatoms. The number of carbonyl (C=O) groups is 1. The van der Waals surface area contributed by atoms with Gasteiger partial charge in [0, 0.05) is 23.1 Å². The van der Waals surface area contributed by atoms with Crippen LogP contribution in [-0.2, 0) is 6.42 Å². The van der Waals surface area contributed by atoms with Crippen LogP contribution in [0, 0.1) is 5.92 Å². The minimum absolute atomic E-state index is 0.0565. The number of hydrogen-bond donors (Lipinski definition) is 0. The van der Waals surface area contributed by atoms with Crippen molar-refractivity contribution in [2.24, 2.45) is 5.92 Å². The Kier molecular flexibility index (Phi) is 2.39. The summed E-state index contributed by atoms with van der Waals surface area (Å²) in [5.74, 6) is 1.67. The van der Waals surface area contributed by atoms with E-state index >= 15 is 0 Å². The lowest BCUT2D eigenvalue weighted by Crippen LogP contribution is -2.03. The molecule has 0 aliphatic heterocycles. The standard InChI is InChI=1S/C12H14O3/c1-7-4-9-10(12(7)13)5-8(14-2)6-11(9)15-3/h5-7H,4H2,1-3H3. The van der Waals surface area contributed by atoms with Gasteiger partial charge in [-0.3, -0.25) is 4.79 Å². The van der Waals surface area contributed by atoms with Gasteiger partial charge in [-0.1, -0.05) is 6.92 Å². The van der Waals surface area contributed by atoms with Crippen molar-refractivity contribution in [1.29, 1.82) is 0 Å².